The molecule has 0 saturated heterocycles. The Morgan fingerprint density at radius 1 is 1.24 bits per heavy atom. The Morgan fingerprint density at radius 3 is 2.59 bits per heavy atom. The van der Waals surface area contributed by atoms with Gasteiger partial charge >= 0.3 is 5.97 Å². The van der Waals surface area contributed by atoms with Crippen molar-refractivity contribution in [3.05, 3.63) is 46.6 Å². The van der Waals surface area contributed by atoms with Crippen molar-refractivity contribution in [2.75, 3.05) is 12.4 Å². The van der Waals surface area contributed by atoms with Crippen molar-refractivity contribution < 1.29 is 14.3 Å². The summed E-state index contributed by atoms with van der Waals surface area (Å²) >= 11 is 0. The monoisotopic (exact) mass is 400 g/mol. The van der Waals surface area contributed by atoms with Gasteiger partial charge in [-0.25, -0.2) is 0 Å². The zero-order valence-electron chi connectivity index (χ0n) is 18.3. The van der Waals surface area contributed by atoms with Gasteiger partial charge in [-0.2, -0.15) is 5.10 Å². The quantitative estimate of drug-likeness (QED) is 0.631. The molecule has 2 N–H and O–H groups in total. The lowest BCUT2D eigenvalue weighted by Gasteiger charge is -2.23. The lowest BCUT2D eigenvalue weighted by Crippen LogP contribution is -2.27. The van der Waals surface area contributed by atoms with Gasteiger partial charge in [0.15, 0.2) is 0 Å². The summed E-state index contributed by atoms with van der Waals surface area (Å²) in [5.41, 5.74) is 3.10. The van der Waals surface area contributed by atoms with Crippen molar-refractivity contribution in [1.82, 2.24) is 15.1 Å². The van der Waals surface area contributed by atoms with E-state index in [9.17, 15) is 9.59 Å². The summed E-state index contributed by atoms with van der Waals surface area (Å²) in [6, 6.07) is 5.56. The van der Waals surface area contributed by atoms with E-state index in [1.54, 1.807) is 16.9 Å². The topological polar surface area (TPSA) is 85.2 Å². The maximum absolute atomic E-state index is 12.5. The lowest BCUT2D eigenvalue weighted by molar-refractivity contribution is -0.156. The smallest absolute Gasteiger partial charge is 0.306 e. The normalized spacial score (nSPS) is 11.2. The summed E-state index contributed by atoms with van der Waals surface area (Å²) in [5.74, 6) is 0.527. The minimum atomic E-state index is -0.435. The zero-order valence-corrected chi connectivity index (χ0v) is 18.3. The first-order valence-corrected chi connectivity index (χ1v) is 9.95. The van der Waals surface area contributed by atoms with E-state index in [-0.39, 0.29) is 11.9 Å². The maximum Gasteiger partial charge on any atom is 0.306 e. The van der Waals surface area contributed by atoms with E-state index in [2.05, 4.69) is 15.7 Å². The Hall–Kier alpha value is -2.83. The summed E-state index contributed by atoms with van der Waals surface area (Å²) in [5, 5.41) is 10.2. The van der Waals surface area contributed by atoms with Gasteiger partial charge in [-0.15, -0.1) is 0 Å². The van der Waals surface area contributed by atoms with Gasteiger partial charge in [0.25, 0.3) is 5.91 Å². The molecule has 0 atom stereocenters. The molecule has 1 aromatic carbocycles. The Bertz CT molecular complexity index is 871. The summed E-state index contributed by atoms with van der Waals surface area (Å²) in [6.45, 7) is 8.16. The van der Waals surface area contributed by atoms with Crippen LogP contribution in [-0.2, 0) is 29.5 Å². The van der Waals surface area contributed by atoms with Crippen LogP contribution in [0.1, 0.15) is 60.7 Å². The van der Waals surface area contributed by atoms with Crippen LogP contribution in [-0.4, -0.2) is 34.3 Å². The number of aromatic nitrogens is 2. The molecule has 0 fully saturated rings. The van der Waals surface area contributed by atoms with Gasteiger partial charge in [-0.05, 0) is 56.9 Å². The van der Waals surface area contributed by atoms with Crippen LogP contribution in [0, 0.1) is 6.92 Å². The van der Waals surface area contributed by atoms with Gasteiger partial charge < -0.3 is 15.4 Å². The number of aryl methyl sites for hydroxylation is 3. The van der Waals surface area contributed by atoms with Crippen LogP contribution in [0.2, 0.25) is 0 Å². The molecule has 0 unspecified atom stereocenters. The van der Waals surface area contributed by atoms with E-state index < -0.39 is 5.60 Å². The van der Waals surface area contributed by atoms with Crippen LogP contribution >= 0.6 is 0 Å². The highest BCUT2D eigenvalue weighted by Gasteiger charge is 2.20. The molecule has 0 aliphatic heterocycles. The Kier molecular flexibility index (Phi) is 7.42. The molecular formula is C22H32N4O3. The molecule has 2 rings (SSSR count). The van der Waals surface area contributed by atoms with E-state index in [1.807, 2.05) is 53.9 Å². The van der Waals surface area contributed by atoms with Crippen LogP contribution < -0.4 is 10.6 Å². The van der Waals surface area contributed by atoms with Gasteiger partial charge in [-0.1, -0.05) is 13.0 Å². The first kappa shape index (κ1) is 22.5. The number of hydrogen-bond donors (Lipinski definition) is 2. The zero-order chi connectivity index (χ0) is 21.6. The molecule has 0 aliphatic rings. The van der Waals surface area contributed by atoms with Crippen LogP contribution in [0.25, 0.3) is 0 Å². The third kappa shape index (κ3) is 6.07. The molecule has 1 heterocycles. The Balaban J connectivity index is 1.94. The van der Waals surface area contributed by atoms with E-state index >= 15 is 0 Å². The predicted octanol–water partition coefficient (Wildman–Crippen LogP) is 3.36. The Morgan fingerprint density at radius 2 is 1.97 bits per heavy atom. The summed E-state index contributed by atoms with van der Waals surface area (Å²) < 4.78 is 7.22. The summed E-state index contributed by atoms with van der Waals surface area (Å²) in [6.07, 6.45) is 3.42. The number of amides is 1. The van der Waals surface area contributed by atoms with Crippen molar-refractivity contribution in [2.45, 2.75) is 59.1 Å². The van der Waals surface area contributed by atoms with Crippen LogP contribution in [0.3, 0.4) is 0 Å². The van der Waals surface area contributed by atoms with Gasteiger partial charge in [0.1, 0.15) is 11.4 Å². The number of nitrogens with zero attached hydrogens (tertiary/aromatic N) is 2. The number of carbonyl (C=O) groups excluding carboxylic acids is 2. The third-order valence-electron chi connectivity index (χ3n) is 5.14. The molecule has 0 aliphatic carbocycles. The standard InChI is InChI=1S/C22H32N4O3/c1-7-22(3,4)29-19(27)11-10-16-8-9-17(12-15(16)2)21(28)24-13-18-14-25-26(6)20(18)23-5/h8-9,12,14,23H,7,10-11,13H2,1-6H3,(H,24,28). The molecule has 158 valence electrons. The number of nitrogens with one attached hydrogen (secondary N) is 2. The maximum atomic E-state index is 12.5. The van der Waals surface area contributed by atoms with Gasteiger partial charge in [-0.3, -0.25) is 14.3 Å². The number of hydrogen-bond acceptors (Lipinski definition) is 5. The molecule has 7 heteroatoms. The van der Waals surface area contributed by atoms with Crippen molar-refractivity contribution >= 4 is 17.7 Å². The highest BCUT2D eigenvalue weighted by Crippen LogP contribution is 2.18. The Labute approximate surface area is 172 Å². The summed E-state index contributed by atoms with van der Waals surface area (Å²) in [7, 11) is 3.67. The molecule has 0 spiro atoms. The lowest BCUT2D eigenvalue weighted by atomic mass is 10.0. The molecule has 1 amide bonds. The predicted molar refractivity (Wildman–Crippen MR) is 114 cm³/mol. The fraction of sp³-hybridized carbons (Fsp3) is 0.500. The number of ether oxygens (including phenoxy) is 1. The second kappa shape index (κ2) is 9.58. The fourth-order valence-electron chi connectivity index (χ4n) is 3.00. The van der Waals surface area contributed by atoms with Gasteiger partial charge in [0, 0.05) is 38.2 Å². The average molecular weight is 401 g/mol. The molecule has 0 saturated carbocycles. The fourth-order valence-corrected chi connectivity index (χ4v) is 3.00. The number of benzene rings is 1. The first-order chi connectivity index (χ1) is 13.7. The van der Waals surface area contributed by atoms with Crippen molar-refractivity contribution in [3.8, 4) is 0 Å². The summed E-state index contributed by atoms with van der Waals surface area (Å²) in [4.78, 5) is 24.6. The van der Waals surface area contributed by atoms with Gasteiger partial charge in [0.05, 0.1) is 6.20 Å². The molecule has 1 aromatic heterocycles. The molecule has 7 nitrogen and oxygen atoms in total. The minimum absolute atomic E-state index is 0.144. The van der Waals surface area contributed by atoms with E-state index in [0.717, 1.165) is 28.9 Å². The van der Waals surface area contributed by atoms with Crippen molar-refractivity contribution in [2.24, 2.45) is 7.05 Å². The molecular weight excluding hydrogens is 368 g/mol. The second-order valence-electron chi connectivity index (χ2n) is 7.80. The third-order valence-corrected chi connectivity index (χ3v) is 5.14. The van der Waals surface area contributed by atoms with Gasteiger partial charge in [0.2, 0.25) is 0 Å². The number of carbonyl (C=O) groups is 2. The van der Waals surface area contributed by atoms with E-state index in [4.69, 9.17) is 4.74 Å². The SMILES string of the molecule is CCC(C)(C)OC(=O)CCc1ccc(C(=O)NCc2cnn(C)c2NC)cc1C. The first-order valence-electron chi connectivity index (χ1n) is 9.95. The van der Waals surface area contributed by atoms with E-state index in [0.29, 0.717) is 24.9 Å². The highest BCUT2D eigenvalue weighted by atomic mass is 16.6. The second-order valence-corrected chi connectivity index (χ2v) is 7.80. The van der Waals surface area contributed by atoms with Crippen LogP contribution in [0.5, 0.6) is 0 Å². The number of rotatable bonds is 9. The van der Waals surface area contributed by atoms with Crippen LogP contribution in [0.15, 0.2) is 24.4 Å². The van der Waals surface area contributed by atoms with Crippen molar-refractivity contribution in [3.63, 3.8) is 0 Å². The van der Waals surface area contributed by atoms with Crippen LogP contribution in [0.4, 0.5) is 5.82 Å². The highest BCUT2D eigenvalue weighted by molar-refractivity contribution is 5.94. The average Bonchev–Trinajstić information content (AvgIpc) is 3.04. The van der Waals surface area contributed by atoms with E-state index in [1.165, 1.54) is 0 Å². The number of anilines is 1. The largest absolute Gasteiger partial charge is 0.460 e. The molecule has 2 aromatic rings. The number of esters is 1. The van der Waals surface area contributed by atoms with Crippen molar-refractivity contribution in [1.29, 1.82) is 0 Å². The molecule has 0 bridgehead atoms. The molecule has 29 heavy (non-hydrogen) atoms. The minimum Gasteiger partial charge on any atom is -0.460 e. The molecule has 0 radical (unpaired) electrons.